The Balaban J connectivity index is 3.16. The Labute approximate surface area is 87.8 Å². The lowest BCUT2D eigenvalue weighted by molar-refractivity contribution is -0.106. The Morgan fingerprint density at radius 3 is 2.50 bits per heavy atom. The summed E-state index contributed by atoms with van der Waals surface area (Å²) >= 11 is 5.81. The predicted molar refractivity (Wildman–Crippen MR) is 52.9 cm³/mol. The van der Waals surface area contributed by atoms with Crippen LogP contribution in [0.15, 0.2) is 18.2 Å². The number of ether oxygens (including phenoxy) is 2. The molecule has 1 aromatic rings. The molecule has 0 aliphatic carbocycles. The maximum absolute atomic E-state index is 8.85. The molecule has 14 heavy (non-hydrogen) atoms. The van der Waals surface area contributed by atoms with Crippen LogP contribution in [0.1, 0.15) is 17.4 Å². The van der Waals surface area contributed by atoms with E-state index in [1.54, 1.807) is 18.2 Å². The Bertz CT molecular complexity index is 356. The molecule has 0 radical (unpaired) electrons. The smallest absolute Gasteiger partial charge is 0.184 e. The zero-order chi connectivity index (χ0) is 10.6. The fourth-order valence-electron chi connectivity index (χ4n) is 1.18. The first-order chi connectivity index (χ1) is 6.72. The van der Waals surface area contributed by atoms with Gasteiger partial charge in [0, 0.05) is 24.8 Å². The van der Waals surface area contributed by atoms with Gasteiger partial charge in [0.05, 0.1) is 11.6 Å². The summed E-state index contributed by atoms with van der Waals surface area (Å²) in [5.74, 6) is 0. The second kappa shape index (κ2) is 4.97. The number of hydrogen-bond donors (Lipinski definition) is 0. The summed E-state index contributed by atoms with van der Waals surface area (Å²) in [6.07, 6.45) is -0.552. The predicted octanol–water partition coefficient (Wildman–Crippen LogP) is 2.50. The fraction of sp³-hybridized carbons (Fsp3) is 0.300. The Kier molecular flexibility index (Phi) is 3.90. The highest BCUT2D eigenvalue weighted by atomic mass is 35.5. The number of hydrogen-bond acceptors (Lipinski definition) is 3. The van der Waals surface area contributed by atoms with E-state index in [1.807, 2.05) is 0 Å². The maximum atomic E-state index is 8.85. The first-order valence-electron chi connectivity index (χ1n) is 3.98. The molecule has 0 aliphatic rings. The van der Waals surface area contributed by atoms with E-state index in [-0.39, 0.29) is 0 Å². The average molecular weight is 212 g/mol. The van der Waals surface area contributed by atoms with Gasteiger partial charge in [-0.1, -0.05) is 11.6 Å². The van der Waals surface area contributed by atoms with Crippen LogP contribution in [0.4, 0.5) is 0 Å². The minimum Gasteiger partial charge on any atom is -0.352 e. The average Bonchev–Trinajstić information content (AvgIpc) is 2.20. The molecular formula is C10H10ClNO2. The molecule has 0 N–H and O–H groups in total. The Hall–Kier alpha value is -1.08. The largest absolute Gasteiger partial charge is 0.352 e. The summed E-state index contributed by atoms with van der Waals surface area (Å²) < 4.78 is 10.1. The Morgan fingerprint density at radius 2 is 2.00 bits per heavy atom. The van der Waals surface area contributed by atoms with Crippen molar-refractivity contribution in [1.82, 2.24) is 0 Å². The molecule has 4 heteroatoms. The molecule has 0 saturated heterocycles. The van der Waals surface area contributed by atoms with E-state index in [0.29, 0.717) is 16.1 Å². The SMILES string of the molecule is COC(OC)c1cc(Cl)ccc1C#N. The van der Waals surface area contributed by atoms with Crippen LogP contribution in [0, 0.1) is 11.3 Å². The highest BCUT2D eigenvalue weighted by Crippen LogP contribution is 2.24. The van der Waals surface area contributed by atoms with Crippen molar-refractivity contribution in [3.8, 4) is 6.07 Å². The quantitative estimate of drug-likeness (QED) is 0.722. The lowest BCUT2D eigenvalue weighted by atomic mass is 10.1. The van der Waals surface area contributed by atoms with Gasteiger partial charge in [-0.15, -0.1) is 0 Å². The molecule has 0 amide bonds. The van der Waals surface area contributed by atoms with Crippen molar-refractivity contribution in [2.75, 3.05) is 14.2 Å². The van der Waals surface area contributed by atoms with Gasteiger partial charge in [0.2, 0.25) is 0 Å². The molecule has 0 spiro atoms. The number of rotatable bonds is 3. The second-order valence-electron chi connectivity index (χ2n) is 2.65. The van der Waals surface area contributed by atoms with Crippen molar-refractivity contribution >= 4 is 11.6 Å². The fourth-order valence-corrected chi connectivity index (χ4v) is 1.36. The van der Waals surface area contributed by atoms with E-state index in [1.165, 1.54) is 14.2 Å². The highest BCUT2D eigenvalue weighted by Gasteiger charge is 2.14. The van der Waals surface area contributed by atoms with Gasteiger partial charge >= 0.3 is 0 Å². The van der Waals surface area contributed by atoms with Crippen LogP contribution >= 0.6 is 11.6 Å². The van der Waals surface area contributed by atoms with Crippen LogP contribution in [0.3, 0.4) is 0 Å². The molecule has 0 aromatic heterocycles. The van der Waals surface area contributed by atoms with Crippen LogP contribution < -0.4 is 0 Å². The zero-order valence-corrected chi connectivity index (χ0v) is 8.71. The van der Waals surface area contributed by atoms with E-state index >= 15 is 0 Å². The summed E-state index contributed by atoms with van der Waals surface area (Å²) in [4.78, 5) is 0. The van der Waals surface area contributed by atoms with Gasteiger partial charge in [-0.3, -0.25) is 0 Å². The second-order valence-corrected chi connectivity index (χ2v) is 3.08. The molecule has 0 fully saturated rings. The van der Waals surface area contributed by atoms with Gasteiger partial charge in [-0.25, -0.2) is 0 Å². The Morgan fingerprint density at radius 1 is 1.36 bits per heavy atom. The molecule has 0 saturated carbocycles. The van der Waals surface area contributed by atoms with E-state index in [9.17, 15) is 0 Å². The van der Waals surface area contributed by atoms with Crippen molar-refractivity contribution in [1.29, 1.82) is 5.26 Å². The number of benzene rings is 1. The van der Waals surface area contributed by atoms with Crippen LogP contribution in [0.25, 0.3) is 0 Å². The van der Waals surface area contributed by atoms with Crippen LogP contribution in [-0.2, 0) is 9.47 Å². The number of halogens is 1. The van der Waals surface area contributed by atoms with Gasteiger partial charge in [0.1, 0.15) is 0 Å². The van der Waals surface area contributed by atoms with Crippen LogP contribution in [0.5, 0.6) is 0 Å². The molecule has 0 aliphatic heterocycles. The highest BCUT2D eigenvalue weighted by molar-refractivity contribution is 6.30. The minimum atomic E-state index is -0.552. The van der Waals surface area contributed by atoms with Gasteiger partial charge < -0.3 is 9.47 Å². The minimum absolute atomic E-state index is 0.503. The zero-order valence-electron chi connectivity index (χ0n) is 7.95. The topological polar surface area (TPSA) is 42.2 Å². The first kappa shape index (κ1) is 11.0. The molecule has 0 heterocycles. The van der Waals surface area contributed by atoms with Gasteiger partial charge in [0.15, 0.2) is 6.29 Å². The normalized spacial score (nSPS) is 10.2. The summed E-state index contributed by atoms with van der Waals surface area (Å²) in [5.41, 5.74) is 1.15. The van der Waals surface area contributed by atoms with E-state index < -0.39 is 6.29 Å². The van der Waals surface area contributed by atoms with Gasteiger partial charge in [0.25, 0.3) is 0 Å². The van der Waals surface area contributed by atoms with E-state index in [0.717, 1.165) is 0 Å². The third-order valence-corrected chi connectivity index (χ3v) is 2.05. The van der Waals surface area contributed by atoms with Crippen LogP contribution in [0.2, 0.25) is 5.02 Å². The maximum Gasteiger partial charge on any atom is 0.184 e. The monoisotopic (exact) mass is 211 g/mol. The van der Waals surface area contributed by atoms with Crippen molar-refractivity contribution in [3.63, 3.8) is 0 Å². The third kappa shape index (κ3) is 2.24. The molecule has 0 unspecified atom stereocenters. The summed E-state index contributed by atoms with van der Waals surface area (Å²) in [7, 11) is 3.02. The molecule has 3 nitrogen and oxygen atoms in total. The van der Waals surface area contributed by atoms with Crippen molar-refractivity contribution in [2.24, 2.45) is 0 Å². The summed E-state index contributed by atoms with van der Waals surface area (Å²) in [6, 6.07) is 7.02. The summed E-state index contributed by atoms with van der Waals surface area (Å²) in [6.45, 7) is 0. The summed E-state index contributed by atoms with van der Waals surface area (Å²) in [5, 5.41) is 9.40. The van der Waals surface area contributed by atoms with E-state index in [4.69, 9.17) is 26.3 Å². The van der Waals surface area contributed by atoms with Crippen LogP contribution in [-0.4, -0.2) is 14.2 Å². The molecule has 1 aromatic carbocycles. The number of methoxy groups -OCH3 is 2. The number of nitriles is 1. The van der Waals surface area contributed by atoms with Gasteiger partial charge in [-0.2, -0.15) is 5.26 Å². The third-order valence-electron chi connectivity index (χ3n) is 1.82. The molecule has 0 bridgehead atoms. The molecule has 74 valence electrons. The lowest BCUT2D eigenvalue weighted by Crippen LogP contribution is -2.05. The van der Waals surface area contributed by atoms with Crippen molar-refractivity contribution < 1.29 is 9.47 Å². The molecule has 0 atom stereocenters. The standard InChI is InChI=1S/C10H10ClNO2/c1-13-10(14-2)9-5-8(11)4-3-7(9)6-12/h3-5,10H,1-2H3. The van der Waals surface area contributed by atoms with E-state index in [2.05, 4.69) is 6.07 Å². The number of nitrogens with zero attached hydrogens (tertiary/aromatic N) is 1. The van der Waals surface area contributed by atoms with Crippen molar-refractivity contribution in [3.05, 3.63) is 34.3 Å². The first-order valence-corrected chi connectivity index (χ1v) is 4.36. The molecular weight excluding hydrogens is 202 g/mol. The van der Waals surface area contributed by atoms with Crippen molar-refractivity contribution in [2.45, 2.75) is 6.29 Å². The van der Waals surface area contributed by atoms with Gasteiger partial charge in [-0.05, 0) is 18.2 Å². The molecule has 1 rings (SSSR count). The lowest BCUT2D eigenvalue weighted by Gasteiger charge is -2.14.